The molecule has 2 heterocycles. The summed E-state index contributed by atoms with van der Waals surface area (Å²) in [6.07, 6.45) is 2.00. The van der Waals surface area contributed by atoms with Gasteiger partial charge in [0.25, 0.3) is 6.20 Å². The van der Waals surface area contributed by atoms with Crippen LogP contribution >= 0.6 is 0 Å². The molecule has 0 atom stereocenters. The van der Waals surface area contributed by atoms with Crippen molar-refractivity contribution < 1.29 is 18.7 Å². The number of nitrogens with zero attached hydrogens (tertiary/aromatic N) is 1. The normalized spacial score (nSPS) is 13.8. The van der Waals surface area contributed by atoms with E-state index in [1.54, 1.807) is 0 Å². The average molecular weight is 170 g/mol. The number of hydrogen-bond donors (Lipinski definition) is 0. The number of hydrogen-bond acceptors (Lipinski definition) is 2. The molecular weight excluding hydrogens is 161 g/mol. The Morgan fingerprint density at radius 2 is 2.50 bits per heavy atom. The summed E-state index contributed by atoms with van der Waals surface area (Å²) < 4.78 is 19.4. The number of fused-ring (bicyclic) bond motifs is 1. The van der Waals surface area contributed by atoms with Gasteiger partial charge in [0, 0.05) is 6.42 Å². The number of halogens is 1. The van der Waals surface area contributed by atoms with Crippen LogP contribution in [0.25, 0.3) is 0 Å². The minimum absolute atomic E-state index is 0.305. The van der Waals surface area contributed by atoms with Gasteiger partial charge in [-0.1, -0.05) is 0 Å². The molecular formula is C8H9FNO2+. The molecule has 0 N–H and O–H groups in total. The molecule has 0 saturated carbocycles. The topological polar surface area (TPSA) is 22.3 Å². The molecule has 0 bridgehead atoms. The fourth-order valence-electron chi connectivity index (χ4n) is 1.31. The third-order valence-electron chi connectivity index (χ3n) is 1.83. The van der Waals surface area contributed by atoms with E-state index in [0.717, 1.165) is 12.0 Å². The van der Waals surface area contributed by atoms with E-state index in [2.05, 4.69) is 0 Å². The highest BCUT2D eigenvalue weighted by molar-refractivity contribution is 5.24. The zero-order valence-corrected chi connectivity index (χ0v) is 6.71. The maximum atomic E-state index is 12.9. The Balaban J connectivity index is 2.55. The SMILES string of the molecule is CO[n+]1cc(F)cc2c1OCC2. The van der Waals surface area contributed by atoms with Crippen LogP contribution in [0.5, 0.6) is 5.88 Å². The van der Waals surface area contributed by atoms with Crippen molar-refractivity contribution in [3.8, 4) is 5.88 Å². The van der Waals surface area contributed by atoms with E-state index in [1.807, 2.05) is 0 Å². The first kappa shape index (κ1) is 7.34. The molecule has 0 unspecified atom stereocenters. The Morgan fingerprint density at radius 1 is 1.67 bits per heavy atom. The van der Waals surface area contributed by atoms with E-state index in [9.17, 15) is 4.39 Å². The van der Waals surface area contributed by atoms with Crippen molar-refractivity contribution in [2.45, 2.75) is 6.42 Å². The van der Waals surface area contributed by atoms with Crippen molar-refractivity contribution in [2.75, 3.05) is 13.7 Å². The van der Waals surface area contributed by atoms with Gasteiger partial charge in [0.05, 0.1) is 16.9 Å². The molecule has 0 aromatic carbocycles. The lowest BCUT2D eigenvalue weighted by Gasteiger charge is -1.96. The van der Waals surface area contributed by atoms with Gasteiger partial charge in [-0.2, -0.15) is 0 Å². The maximum Gasteiger partial charge on any atom is 0.420 e. The van der Waals surface area contributed by atoms with E-state index in [-0.39, 0.29) is 5.82 Å². The third-order valence-corrected chi connectivity index (χ3v) is 1.83. The van der Waals surface area contributed by atoms with Crippen LogP contribution in [0.2, 0.25) is 0 Å². The molecule has 3 nitrogen and oxygen atoms in total. The first-order valence-corrected chi connectivity index (χ1v) is 3.72. The summed E-state index contributed by atoms with van der Waals surface area (Å²) in [5.74, 6) is 0.306. The summed E-state index contributed by atoms with van der Waals surface area (Å²) in [5.41, 5.74) is 0.858. The molecule has 0 amide bonds. The number of pyridine rings is 1. The van der Waals surface area contributed by atoms with Gasteiger partial charge < -0.3 is 4.74 Å². The Labute approximate surface area is 69.3 Å². The van der Waals surface area contributed by atoms with Gasteiger partial charge in [0.2, 0.25) is 0 Å². The molecule has 0 saturated heterocycles. The van der Waals surface area contributed by atoms with Crippen molar-refractivity contribution >= 4 is 0 Å². The smallest absolute Gasteiger partial charge is 0.420 e. The Kier molecular flexibility index (Phi) is 1.60. The van der Waals surface area contributed by atoms with Crippen LogP contribution in [0.15, 0.2) is 12.3 Å². The summed E-state index contributed by atoms with van der Waals surface area (Å²) >= 11 is 0. The minimum Gasteiger partial charge on any atom is -0.441 e. The molecule has 1 aliphatic heterocycles. The second kappa shape index (κ2) is 2.62. The van der Waals surface area contributed by atoms with Crippen LogP contribution in [-0.4, -0.2) is 13.7 Å². The van der Waals surface area contributed by atoms with Gasteiger partial charge in [0.1, 0.15) is 7.11 Å². The largest absolute Gasteiger partial charge is 0.441 e. The summed E-state index contributed by atoms with van der Waals surface area (Å²) in [6.45, 7) is 0.599. The Morgan fingerprint density at radius 3 is 3.25 bits per heavy atom. The predicted octanol–water partition coefficient (Wildman–Crippen LogP) is 0.106. The first-order valence-electron chi connectivity index (χ1n) is 3.72. The summed E-state index contributed by atoms with van der Waals surface area (Å²) in [5, 5.41) is 0. The van der Waals surface area contributed by atoms with E-state index in [1.165, 1.54) is 24.1 Å². The summed E-state index contributed by atoms with van der Waals surface area (Å²) in [7, 11) is 1.47. The lowest BCUT2D eigenvalue weighted by molar-refractivity contribution is -0.887. The van der Waals surface area contributed by atoms with E-state index >= 15 is 0 Å². The molecule has 1 aromatic heterocycles. The van der Waals surface area contributed by atoms with E-state index < -0.39 is 0 Å². The van der Waals surface area contributed by atoms with Crippen LogP contribution in [0.3, 0.4) is 0 Å². The fourth-order valence-corrected chi connectivity index (χ4v) is 1.31. The molecule has 0 spiro atoms. The lowest BCUT2D eigenvalue weighted by atomic mass is 10.2. The quantitative estimate of drug-likeness (QED) is 0.558. The first-order chi connectivity index (χ1) is 5.81. The summed E-state index contributed by atoms with van der Waals surface area (Å²) in [6, 6.07) is 1.47. The predicted molar refractivity (Wildman–Crippen MR) is 38.3 cm³/mol. The van der Waals surface area contributed by atoms with Crippen LogP contribution < -0.4 is 14.3 Å². The minimum atomic E-state index is -0.305. The standard InChI is InChI=1S/C8H9FNO2/c1-11-10-5-7(9)4-6-2-3-12-8(6)10/h4-5H,2-3H2,1H3/q+1. The highest BCUT2D eigenvalue weighted by Crippen LogP contribution is 2.20. The molecule has 4 heteroatoms. The molecule has 0 fully saturated rings. The monoisotopic (exact) mass is 170 g/mol. The van der Waals surface area contributed by atoms with Crippen molar-refractivity contribution in [1.29, 1.82) is 0 Å². The Hall–Kier alpha value is -1.32. The van der Waals surface area contributed by atoms with Crippen molar-refractivity contribution in [3.05, 3.63) is 23.6 Å². The zero-order chi connectivity index (χ0) is 8.55. The summed E-state index contributed by atoms with van der Waals surface area (Å²) in [4.78, 5) is 4.89. The highest BCUT2D eigenvalue weighted by atomic mass is 19.1. The average Bonchev–Trinajstić information content (AvgIpc) is 2.50. The van der Waals surface area contributed by atoms with Gasteiger partial charge in [-0.05, 0) is 6.07 Å². The van der Waals surface area contributed by atoms with Crippen LogP contribution in [0.4, 0.5) is 4.39 Å². The Bertz CT molecular complexity index is 314. The van der Waals surface area contributed by atoms with Crippen LogP contribution in [0, 0.1) is 5.82 Å². The van der Waals surface area contributed by atoms with Gasteiger partial charge in [-0.3, -0.25) is 4.84 Å². The van der Waals surface area contributed by atoms with Crippen LogP contribution in [0.1, 0.15) is 5.56 Å². The fraction of sp³-hybridized carbons (Fsp3) is 0.375. The number of rotatable bonds is 1. The zero-order valence-electron chi connectivity index (χ0n) is 6.71. The molecule has 64 valence electrons. The van der Waals surface area contributed by atoms with Gasteiger partial charge >= 0.3 is 5.88 Å². The van der Waals surface area contributed by atoms with E-state index in [4.69, 9.17) is 9.57 Å². The van der Waals surface area contributed by atoms with Crippen molar-refractivity contribution in [2.24, 2.45) is 0 Å². The van der Waals surface area contributed by atoms with Gasteiger partial charge in [-0.15, -0.1) is 0 Å². The van der Waals surface area contributed by atoms with E-state index in [0.29, 0.717) is 12.5 Å². The second-order valence-electron chi connectivity index (χ2n) is 2.60. The molecule has 0 radical (unpaired) electrons. The van der Waals surface area contributed by atoms with Gasteiger partial charge in [0.15, 0.2) is 5.82 Å². The molecule has 1 aromatic rings. The van der Waals surface area contributed by atoms with Crippen molar-refractivity contribution in [3.63, 3.8) is 0 Å². The number of aromatic nitrogens is 1. The molecule has 0 aliphatic carbocycles. The molecule has 2 rings (SSSR count). The third kappa shape index (κ3) is 0.995. The second-order valence-corrected chi connectivity index (χ2v) is 2.60. The highest BCUT2D eigenvalue weighted by Gasteiger charge is 2.26. The van der Waals surface area contributed by atoms with Crippen LogP contribution in [-0.2, 0) is 6.42 Å². The number of ether oxygens (including phenoxy) is 1. The van der Waals surface area contributed by atoms with Gasteiger partial charge in [-0.25, -0.2) is 4.39 Å². The lowest BCUT2D eigenvalue weighted by Crippen LogP contribution is -2.41. The maximum absolute atomic E-state index is 12.9. The molecule has 12 heavy (non-hydrogen) atoms. The van der Waals surface area contributed by atoms with Crippen molar-refractivity contribution in [1.82, 2.24) is 0 Å². The molecule has 1 aliphatic rings.